The SMILES string of the molecule is O=Cc1cc2c(-c3ccc(Br)cc3)cnc(C(=O)O)c2s1. The van der Waals surface area contributed by atoms with Crippen LogP contribution in [0.4, 0.5) is 0 Å². The molecule has 0 unspecified atom stereocenters. The lowest BCUT2D eigenvalue weighted by Crippen LogP contribution is -2.00. The number of pyridine rings is 1. The highest BCUT2D eigenvalue weighted by molar-refractivity contribution is 9.10. The minimum atomic E-state index is -1.10. The summed E-state index contributed by atoms with van der Waals surface area (Å²) in [5, 5.41) is 9.95. The summed E-state index contributed by atoms with van der Waals surface area (Å²) in [6.07, 6.45) is 2.26. The standard InChI is InChI=1S/C15H8BrNO3S/c16-9-3-1-8(2-4-9)12-6-17-13(15(19)20)14-11(12)5-10(7-18)21-14/h1-7H,(H,19,20). The zero-order chi connectivity index (χ0) is 15.0. The molecule has 2 aromatic heterocycles. The van der Waals surface area contributed by atoms with Crippen LogP contribution in [-0.2, 0) is 0 Å². The number of aromatic nitrogens is 1. The van der Waals surface area contributed by atoms with Crippen LogP contribution in [0.25, 0.3) is 21.2 Å². The van der Waals surface area contributed by atoms with Gasteiger partial charge in [0.2, 0.25) is 0 Å². The number of carbonyl (C=O) groups excluding carboxylic acids is 1. The van der Waals surface area contributed by atoms with E-state index in [1.807, 2.05) is 24.3 Å². The molecule has 104 valence electrons. The minimum Gasteiger partial charge on any atom is -0.476 e. The summed E-state index contributed by atoms with van der Waals surface area (Å²) >= 11 is 4.52. The minimum absolute atomic E-state index is 0.0241. The molecule has 0 fully saturated rings. The molecule has 0 atom stereocenters. The first-order valence-electron chi connectivity index (χ1n) is 5.97. The van der Waals surface area contributed by atoms with Gasteiger partial charge in [0.05, 0.1) is 9.58 Å². The van der Waals surface area contributed by atoms with Gasteiger partial charge in [-0.1, -0.05) is 28.1 Å². The van der Waals surface area contributed by atoms with E-state index in [0.717, 1.165) is 38.6 Å². The molecule has 3 rings (SSSR count). The van der Waals surface area contributed by atoms with Crippen LogP contribution in [0.3, 0.4) is 0 Å². The second-order valence-electron chi connectivity index (χ2n) is 4.34. The average Bonchev–Trinajstić information content (AvgIpc) is 2.91. The van der Waals surface area contributed by atoms with E-state index in [1.54, 1.807) is 6.07 Å². The zero-order valence-electron chi connectivity index (χ0n) is 10.5. The summed E-state index contributed by atoms with van der Waals surface area (Å²) in [5.41, 5.74) is 1.71. The molecular weight excluding hydrogens is 354 g/mol. The Morgan fingerprint density at radius 1 is 1.29 bits per heavy atom. The fraction of sp³-hybridized carbons (Fsp3) is 0. The fourth-order valence-electron chi connectivity index (χ4n) is 2.11. The smallest absolute Gasteiger partial charge is 0.355 e. The van der Waals surface area contributed by atoms with Crippen molar-refractivity contribution in [2.24, 2.45) is 0 Å². The Morgan fingerprint density at radius 3 is 2.62 bits per heavy atom. The number of hydrogen-bond acceptors (Lipinski definition) is 4. The highest BCUT2D eigenvalue weighted by atomic mass is 79.9. The molecule has 0 aliphatic heterocycles. The first-order chi connectivity index (χ1) is 10.1. The van der Waals surface area contributed by atoms with Gasteiger partial charge in [0.15, 0.2) is 12.0 Å². The van der Waals surface area contributed by atoms with E-state index in [0.29, 0.717) is 9.58 Å². The number of carbonyl (C=O) groups is 2. The number of carboxylic acid groups (broad SMARTS) is 1. The molecule has 1 aromatic carbocycles. The lowest BCUT2D eigenvalue weighted by atomic mass is 10.0. The summed E-state index contributed by atoms with van der Waals surface area (Å²) in [7, 11) is 0. The third kappa shape index (κ3) is 2.48. The van der Waals surface area contributed by atoms with Crippen LogP contribution in [0, 0.1) is 0 Å². The number of carboxylic acids is 1. The van der Waals surface area contributed by atoms with Crippen LogP contribution >= 0.6 is 27.3 Å². The normalized spacial score (nSPS) is 10.7. The van der Waals surface area contributed by atoms with Crippen molar-refractivity contribution in [3.05, 3.63) is 51.6 Å². The maximum Gasteiger partial charge on any atom is 0.355 e. The number of nitrogens with zero attached hydrogens (tertiary/aromatic N) is 1. The van der Waals surface area contributed by atoms with Crippen molar-refractivity contribution in [3.8, 4) is 11.1 Å². The Kier molecular flexibility index (Phi) is 3.57. The van der Waals surface area contributed by atoms with Crippen molar-refractivity contribution in [2.45, 2.75) is 0 Å². The number of aromatic carboxylic acids is 1. The fourth-order valence-corrected chi connectivity index (χ4v) is 3.35. The van der Waals surface area contributed by atoms with Gasteiger partial charge in [0.25, 0.3) is 0 Å². The second-order valence-corrected chi connectivity index (χ2v) is 6.34. The maximum atomic E-state index is 11.3. The number of rotatable bonds is 3. The molecule has 0 aliphatic rings. The van der Waals surface area contributed by atoms with E-state index in [4.69, 9.17) is 0 Å². The first-order valence-corrected chi connectivity index (χ1v) is 7.58. The van der Waals surface area contributed by atoms with Gasteiger partial charge in [-0.15, -0.1) is 11.3 Å². The third-order valence-corrected chi connectivity index (χ3v) is 4.65. The van der Waals surface area contributed by atoms with Crippen LogP contribution in [0.2, 0.25) is 0 Å². The number of thiophene rings is 1. The quantitative estimate of drug-likeness (QED) is 0.708. The van der Waals surface area contributed by atoms with Crippen LogP contribution in [-0.4, -0.2) is 22.3 Å². The van der Waals surface area contributed by atoms with Gasteiger partial charge in [0.1, 0.15) is 0 Å². The van der Waals surface area contributed by atoms with E-state index in [2.05, 4.69) is 20.9 Å². The van der Waals surface area contributed by atoms with E-state index in [1.165, 1.54) is 6.20 Å². The molecule has 0 amide bonds. The molecule has 0 bridgehead atoms. The number of aldehydes is 1. The number of hydrogen-bond donors (Lipinski definition) is 1. The second kappa shape index (κ2) is 5.38. The Morgan fingerprint density at radius 2 is 2.00 bits per heavy atom. The number of benzene rings is 1. The van der Waals surface area contributed by atoms with Crippen molar-refractivity contribution >= 4 is 49.6 Å². The zero-order valence-corrected chi connectivity index (χ0v) is 12.9. The highest BCUT2D eigenvalue weighted by Gasteiger charge is 2.17. The Balaban J connectivity index is 2.31. The molecule has 4 nitrogen and oxygen atoms in total. The van der Waals surface area contributed by atoms with E-state index < -0.39 is 5.97 Å². The van der Waals surface area contributed by atoms with Crippen LogP contribution < -0.4 is 0 Å². The molecule has 6 heteroatoms. The third-order valence-electron chi connectivity index (χ3n) is 3.05. The lowest BCUT2D eigenvalue weighted by Gasteiger charge is -2.05. The molecule has 0 aliphatic carbocycles. The van der Waals surface area contributed by atoms with E-state index in [-0.39, 0.29) is 5.69 Å². The predicted octanol–water partition coefficient (Wildman–Crippen LogP) is 4.24. The summed E-state index contributed by atoms with van der Waals surface area (Å²) in [6, 6.07) is 9.34. The van der Waals surface area contributed by atoms with Crippen molar-refractivity contribution in [1.29, 1.82) is 0 Å². The monoisotopic (exact) mass is 361 g/mol. The summed E-state index contributed by atoms with van der Waals surface area (Å²) in [6.45, 7) is 0. The van der Waals surface area contributed by atoms with Crippen molar-refractivity contribution in [2.75, 3.05) is 0 Å². The van der Waals surface area contributed by atoms with E-state index in [9.17, 15) is 14.7 Å². The molecule has 1 N–H and O–H groups in total. The van der Waals surface area contributed by atoms with Gasteiger partial charge in [-0.3, -0.25) is 4.79 Å². The average molecular weight is 362 g/mol. The van der Waals surface area contributed by atoms with Gasteiger partial charge < -0.3 is 5.11 Å². The lowest BCUT2D eigenvalue weighted by molar-refractivity contribution is 0.0693. The molecule has 2 heterocycles. The summed E-state index contributed by atoms with van der Waals surface area (Å²) in [4.78, 5) is 26.8. The molecule has 0 spiro atoms. The topological polar surface area (TPSA) is 67.3 Å². The molecule has 0 saturated carbocycles. The van der Waals surface area contributed by atoms with Crippen LogP contribution in [0.1, 0.15) is 20.2 Å². The maximum absolute atomic E-state index is 11.3. The molecule has 3 aromatic rings. The number of fused-ring (bicyclic) bond motifs is 1. The Bertz CT molecular complexity index is 855. The van der Waals surface area contributed by atoms with E-state index >= 15 is 0 Å². The summed E-state index contributed by atoms with van der Waals surface area (Å²) in [5.74, 6) is -1.10. The first kappa shape index (κ1) is 13.9. The summed E-state index contributed by atoms with van der Waals surface area (Å²) < 4.78 is 1.47. The number of halogens is 1. The largest absolute Gasteiger partial charge is 0.476 e. The van der Waals surface area contributed by atoms with Crippen LogP contribution in [0.15, 0.2) is 41.0 Å². The molecule has 21 heavy (non-hydrogen) atoms. The van der Waals surface area contributed by atoms with Gasteiger partial charge in [-0.25, -0.2) is 9.78 Å². The van der Waals surface area contributed by atoms with Crippen LogP contribution in [0.5, 0.6) is 0 Å². The van der Waals surface area contributed by atoms with Gasteiger partial charge in [-0.05, 0) is 23.8 Å². The molecular formula is C15H8BrNO3S. The van der Waals surface area contributed by atoms with Gasteiger partial charge in [-0.2, -0.15) is 0 Å². The van der Waals surface area contributed by atoms with Gasteiger partial charge >= 0.3 is 5.97 Å². The van der Waals surface area contributed by atoms with Gasteiger partial charge in [0, 0.05) is 21.6 Å². The highest BCUT2D eigenvalue weighted by Crippen LogP contribution is 2.35. The molecule has 0 radical (unpaired) electrons. The van der Waals surface area contributed by atoms with Crippen molar-refractivity contribution in [1.82, 2.24) is 4.98 Å². The Hall–Kier alpha value is -2.05. The molecule has 0 saturated heterocycles. The van der Waals surface area contributed by atoms with Crippen molar-refractivity contribution < 1.29 is 14.7 Å². The van der Waals surface area contributed by atoms with Crippen molar-refractivity contribution in [3.63, 3.8) is 0 Å². The predicted molar refractivity (Wildman–Crippen MR) is 85.1 cm³/mol. The Labute approximate surface area is 132 Å².